The predicted octanol–water partition coefficient (Wildman–Crippen LogP) is 2.73. The van der Waals surface area contributed by atoms with Gasteiger partial charge in [-0.25, -0.2) is 0 Å². The van der Waals surface area contributed by atoms with Gasteiger partial charge in [0.15, 0.2) is 0 Å². The van der Waals surface area contributed by atoms with E-state index >= 15 is 0 Å². The summed E-state index contributed by atoms with van der Waals surface area (Å²) >= 11 is 0. The van der Waals surface area contributed by atoms with E-state index < -0.39 is 5.60 Å². The molecule has 1 aromatic rings. The molecule has 1 heterocycles. The normalized spacial score (nSPS) is 22.1. The summed E-state index contributed by atoms with van der Waals surface area (Å²) in [6, 6.07) is 8.01. The largest absolute Gasteiger partial charge is 0.494 e. The van der Waals surface area contributed by atoms with Gasteiger partial charge in [-0.15, -0.1) is 0 Å². The second kappa shape index (κ2) is 6.48. The van der Waals surface area contributed by atoms with E-state index in [0.717, 1.165) is 17.9 Å². The van der Waals surface area contributed by atoms with Gasteiger partial charge < -0.3 is 14.8 Å². The second-order valence-corrected chi connectivity index (χ2v) is 6.41. The van der Waals surface area contributed by atoms with E-state index in [4.69, 9.17) is 9.47 Å². The number of esters is 1. The molecule has 0 unspecified atom stereocenters. The van der Waals surface area contributed by atoms with Crippen molar-refractivity contribution in [1.82, 2.24) is 5.32 Å². The van der Waals surface area contributed by atoms with Crippen LogP contribution >= 0.6 is 0 Å². The summed E-state index contributed by atoms with van der Waals surface area (Å²) in [5.41, 5.74) is 0.711. The molecule has 0 spiro atoms. The molecule has 0 aromatic heterocycles. The van der Waals surface area contributed by atoms with Gasteiger partial charge in [0.1, 0.15) is 11.4 Å². The van der Waals surface area contributed by atoms with Crippen LogP contribution < -0.4 is 10.1 Å². The lowest BCUT2D eigenvalue weighted by Crippen LogP contribution is -2.31. The summed E-state index contributed by atoms with van der Waals surface area (Å²) in [5.74, 6) is 0.783. The lowest BCUT2D eigenvalue weighted by Gasteiger charge is -2.24. The van der Waals surface area contributed by atoms with Gasteiger partial charge in [0.2, 0.25) is 0 Å². The molecule has 2 rings (SSSR count). The maximum Gasteiger partial charge on any atom is 0.311 e. The maximum atomic E-state index is 12.3. The van der Waals surface area contributed by atoms with Crippen LogP contribution in [0.4, 0.5) is 0 Å². The zero-order valence-corrected chi connectivity index (χ0v) is 13.3. The van der Waals surface area contributed by atoms with Gasteiger partial charge in [0, 0.05) is 19.0 Å². The highest BCUT2D eigenvalue weighted by atomic mass is 16.6. The van der Waals surface area contributed by atoms with Crippen molar-refractivity contribution in [1.29, 1.82) is 0 Å². The smallest absolute Gasteiger partial charge is 0.311 e. The van der Waals surface area contributed by atoms with Crippen molar-refractivity contribution < 1.29 is 14.3 Å². The highest BCUT2D eigenvalue weighted by Crippen LogP contribution is 2.31. The Morgan fingerprint density at radius 1 is 1.24 bits per heavy atom. The Kier molecular flexibility index (Phi) is 4.88. The van der Waals surface area contributed by atoms with Crippen LogP contribution in [-0.2, 0) is 9.53 Å². The predicted molar refractivity (Wildman–Crippen MR) is 82.6 cm³/mol. The van der Waals surface area contributed by atoms with Crippen molar-refractivity contribution in [3.63, 3.8) is 0 Å². The summed E-state index contributed by atoms with van der Waals surface area (Å²) in [6.45, 7) is 9.81. The van der Waals surface area contributed by atoms with Crippen molar-refractivity contribution in [2.45, 2.75) is 39.2 Å². The molecule has 1 saturated heterocycles. The molecular weight excluding hydrogens is 266 g/mol. The average molecular weight is 291 g/mol. The van der Waals surface area contributed by atoms with Crippen LogP contribution in [0.2, 0.25) is 0 Å². The fourth-order valence-electron chi connectivity index (χ4n) is 2.63. The van der Waals surface area contributed by atoms with Crippen LogP contribution in [0.3, 0.4) is 0 Å². The minimum atomic E-state index is -0.441. The van der Waals surface area contributed by atoms with Crippen LogP contribution in [-0.4, -0.2) is 31.3 Å². The number of benzene rings is 1. The van der Waals surface area contributed by atoms with E-state index in [2.05, 4.69) is 5.32 Å². The zero-order valence-electron chi connectivity index (χ0n) is 13.3. The fourth-order valence-corrected chi connectivity index (χ4v) is 2.63. The van der Waals surface area contributed by atoms with Crippen molar-refractivity contribution in [3.8, 4) is 5.75 Å². The first-order chi connectivity index (χ1) is 9.90. The molecule has 0 radical (unpaired) electrons. The Bertz CT molecular complexity index is 476. The molecule has 4 heteroatoms. The molecule has 1 aromatic carbocycles. The van der Waals surface area contributed by atoms with Gasteiger partial charge in [0.05, 0.1) is 12.5 Å². The van der Waals surface area contributed by atoms with Crippen molar-refractivity contribution >= 4 is 5.97 Å². The number of hydrogen-bond acceptors (Lipinski definition) is 4. The quantitative estimate of drug-likeness (QED) is 0.867. The topological polar surface area (TPSA) is 47.6 Å². The van der Waals surface area contributed by atoms with Gasteiger partial charge >= 0.3 is 5.97 Å². The Morgan fingerprint density at radius 2 is 1.90 bits per heavy atom. The number of carbonyl (C=O) groups is 1. The molecule has 21 heavy (non-hydrogen) atoms. The van der Waals surface area contributed by atoms with E-state index in [1.165, 1.54) is 0 Å². The first-order valence-electron chi connectivity index (χ1n) is 7.57. The van der Waals surface area contributed by atoms with E-state index in [0.29, 0.717) is 13.2 Å². The van der Waals surface area contributed by atoms with Crippen molar-refractivity contribution in [2.24, 2.45) is 5.92 Å². The van der Waals surface area contributed by atoms with Gasteiger partial charge in [0.25, 0.3) is 0 Å². The molecule has 0 amide bonds. The van der Waals surface area contributed by atoms with E-state index in [1.807, 2.05) is 52.0 Å². The second-order valence-electron chi connectivity index (χ2n) is 6.41. The summed E-state index contributed by atoms with van der Waals surface area (Å²) in [7, 11) is 0. The SMILES string of the molecule is CCOc1ccc([C@@H]2CNC[C@H]2C(=O)OC(C)(C)C)cc1. The van der Waals surface area contributed by atoms with E-state index in [9.17, 15) is 4.79 Å². The van der Waals surface area contributed by atoms with Crippen LogP contribution in [0, 0.1) is 5.92 Å². The first kappa shape index (κ1) is 15.8. The maximum absolute atomic E-state index is 12.3. The summed E-state index contributed by atoms with van der Waals surface area (Å²) in [5, 5.41) is 3.30. The van der Waals surface area contributed by atoms with Crippen LogP contribution in [0.25, 0.3) is 0 Å². The van der Waals surface area contributed by atoms with Gasteiger partial charge in [-0.05, 0) is 45.4 Å². The molecule has 1 aliphatic rings. The van der Waals surface area contributed by atoms with Crippen LogP contribution in [0.15, 0.2) is 24.3 Å². The Balaban J connectivity index is 2.09. The summed E-state index contributed by atoms with van der Waals surface area (Å²) in [6.07, 6.45) is 0. The Hall–Kier alpha value is -1.55. The molecule has 1 N–H and O–H groups in total. The van der Waals surface area contributed by atoms with E-state index in [1.54, 1.807) is 0 Å². The molecule has 2 atom stereocenters. The number of nitrogens with one attached hydrogen (secondary N) is 1. The third-order valence-electron chi connectivity index (χ3n) is 3.54. The lowest BCUT2D eigenvalue weighted by molar-refractivity contribution is -0.159. The lowest BCUT2D eigenvalue weighted by atomic mass is 9.89. The number of rotatable bonds is 4. The number of ether oxygens (including phenoxy) is 2. The third kappa shape index (κ3) is 4.21. The molecule has 1 fully saturated rings. The summed E-state index contributed by atoms with van der Waals surface area (Å²) in [4.78, 5) is 12.3. The standard InChI is InChI=1S/C17H25NO3/c1-5-20-13-8-6-12(7-9-13)14-10-18-11-15(14)16(19)21-17(2,3)4/h6-9,14-15,18H,5,10-11H2,1-4H3/t14-,15+/m0/s1. The number of hydrogen-bond donors (Lipinski definition) is 1. The van der Waals surface area contributed by atoms with E-state index in [-0.39, 0.29) is 17.8 Å². The molecular formula is C17H25NO3. The van der Waals surface area contributed by atoms with Gasteiger partial charge in [-0.3, -0.25) is 4.79 Å². The van der Waals surface area contributed by atoms with Gasteiger partial charge in [-0.1, -0.05) is 12.1 Å². The molecule has 1 aliphatic heterocycles. The fraction of sp³-hybridized carbons (Fsp3) is 0.588. The van der Waals surface area contributed by atoms with Crippen molar-refractivity contribution in [2.75, 3.05) is 19.7 Å². The molecule has 0 saturated carbocycles. The van der Waals surface area contributed by atoms with Crippen molar-refractivity contribution in [3.05, 3.63) is 29.8 Å². The summed E-state index contributed by atoms with van der Waals surface area (Å²) < 4.78 is 11.0. The minimum absolute atomic E-state index is 0.119. The average Bonchev–Trinajstić information content (AvgIpc) is 2.87. The molecule has 0 aliphatic carbocycles. The molecule has 116 valence electrons. The minimum Gasteiger partial charge on any atom is -0.494 e. The first-order valence-corrected chi connectivity index (χ1v) is 7.57. The Labute approximate surface area is 126 Å². The highest BCUT2D eigenvalue weighted by molar-refractivity contribution is 5.75. The highest BCUT2D eigenvalue weighted by Gasteiger charge is 2.36. The van der Waals surface area contributed by atoms with Gasteiger partial charge in [-0.2, -0.15) is 0 Å². The van der Waals surface area contributed by atoms with Crippen LogP contribution in [0.5, 0.6) is 5.75 Å². The third-order valence-corrected chi connectivity index (χ3v) is 3.54. The van der Waals surface area contributed by atoms with Crippen LogP contribution in [0.1, 0.15) is 39.2 Å². The molecule has 0 bridgehead atoms. The zero-order chi connectivity index (χ0) is 15.5. The number of carbonyl (C=O) groups excluding carboxylic acids is 1. The Morgan fingerprint density at radius 3 is 2.48 bits per heavy atom. The monoisotopic (exact) mass is 291 g/mol. The molecule has 4 nitrogen and oxygen atoms in total.